The van der Waals surface area contributed by atoms with E-state index in [1.54, 1.807) is 17.4 Å². The Kier molecular flexibility index (Phi) is 5.43. The Hall–Kier alpha value is -2.81. The summed E-state index contributed by atoms with van der Waals surface area (Å²) in [6, 6.07) is 9.87. The van der Waals surface area contributed by atoms with Crippen LogP contribution in [0.25, 0.3) is 21.5 Å². The highest BCUT2D eigenvalue weighted by Gasteiger charge is 2.48. The van der Waals surface area contributed by atoms with Gasteiger partial charge in [-0.2, -0.15) is 0 Å². The highest BCUT2D eigenvalue weighted by atomic mass is 32.1. The van der Waals surface area contributed by atoms with Crippen molar-refractivity contribution in [1.29, 1.82) is 0 Å². The number of fused-ring (bicyclic) bond motifs is 1. The number of anilines is 1. The normalized spacial score (nSPS) is 21.4. The maximum atomic E-state index is 14.4. The van der Waals surface area contributed by atoms with Crippen molar-refractivity contribution in [3.63, 3.8) is 0 Å². The van der Waals surface area contributed by atoms with Gasteiger partial charge in [0.05, 0.1) is 16.9 Å². The molecule has 0 N–H and O–H groups in total. The van der Waals surface area contributed by atoms with Gasteiger partial charge in [0.1, 0.15) is 23.1 Å². The van der Waals surface area contributed by atoms with Crippen molar-refractivity contribution in [3.05, 3.63) is 64.2 Å². The van der Waals surface area contributed by atoms with Crippen molar-refractivity contribution in [2.24, 2.45) is 0 Å². The third-order valence-electron chi connectivity index (χ3n) is 7.98. The van der Waals surface area contributed by atoms with Gasteiger partial charge in [0, 0.05) is 37.4 Å². The molecular weight excluding hydrogens is 489 g/mol. The Morgan fingerprint density at radius 1 is 1.08 bits per heavy atom. The first kappa shape index (κ1) is 23.3. The summed E-state index contributed by atoms with van der Waals surface area (Å²) in [5.41, 5.74) is 6.83. The largest absolute Gasteiger partial charge is 0.360 e. The molecule has 2 aliphatic heterocycles. The van der Waals surface area contributed by atoms with Crippen LogP contribution in [0.15, 0.2) is 34.9 Å². The highest BCUT2D eigenvalue weighted by Crippen LogP contribution is 2.50. The van der Waals surface area contributed by atoms with E-state index in [0.29, 0.717) is 18.0 Å². The summed E-state index contributed by atoms with van der Waals surface area (Å²) in [5.74, 6) is 0.505. The van der Waals surface area contributed by atoms with Crippen LogP contribution in [0.4, 0.5) is 9.52 Å². The maximum Gasteiger partial charge on any atom is 0.186 e. The predicted octanol–water partition coefficient (Wildman–Crippen LogP) is 6.98. The zero-order valence-electron chi connectivity index (χ0n) is 21.3. The molecule has 2 aromatic heterocycles. The predicted molar refractivity (Wildman–Crippen MR) is 142 cm³/mol. The third kappa shape index (κ3) is 3.97. The molecule has 3 fully saturated rings. The molecule has 1 spiro atoms. The van der Waals surface area contributed by atoms with Crippen molar-refractivity contribution in [2.45, 2.75) is 64.3 Å². The summed E-state index contributed by atoms with van der Waals surface area (Å²) < 4.78 is 34.4. The summed E-state index contributed by atoms with van der Waals surface area (Å²) in [7, 11) is 0. The number of aromatic nitrogens is 2. The Labute approximate surface area is 219 Å². The zero-order chi connectivity index (χ0) is 25.3. The number of hydrogen-bond donors (Lipinski definition) is 0. The second kappa shape index (κ2) is 8.61. The van der Waals surface area contributed by atoms with Crippen LogP contribution in [0.1, 0.15) is 65.7 Å². The Morgan fingerprint density at radius 2 is 1.84 bits per heavy atom. The summed E-state index contributed by atoms with van der Waals surface area (Å²) in [5, 5.41) is 5.43. The number of piperidine rings is 1. The van der Waals surface area contributed by atoms with Gasteiger partial charge < -0.3 is 18.9 Å². The lowest BCUT2D eigenvalue weighted by Crippen LogP contribution is -2.45. The number of nitrogens with zero attached hydrogens (tertiary/aromatic N) is 3. The molecule has 1 aliphatic carbocycles. The van der Waals surface area contributed by atoms with Crippen LogP contribution in [0.3, 0.4) is 0 Å². The van der Waals surface area contributed by atoms with Crippen LogP contribution in [0.2, 0.25) is 0 Å². The molecule has 2 saturated heterocycles. The SMILES string of the molecule is Cc1cc(F)c2nc(N3CCC4(CC3)OCC(c3c(-c5c(C)cccc5C)noc3C3CC3)O4)sc2c1. The van der Waals surface area contributed by atoms with Crippen LogP contribution in [0.5, 0.6) is 0 Å². The van der Waals surface area contributed by atoms with Crippen molar-refractivity contribution in [1.82, 2.24) is 10.1 Å². The minimum Gasteiger partial charge on any atom is -0.360 e. The standard InChI is InChI=1S/C29H30FN3O3S/c1-16-13-20(30)25-22(14-16)37-28(31-25)33-11-9-29(10-12-33)34-15-21(35-29)24-26(32-36-27(24)19-7-8-19)23-17(2)5-4-6-18(23)3/h4-6,13-14,19,21H,7-12,15H2,1-3H3. The summed E-state index contributed by atoms with van der Waals surface area (Å²) >= 11 is 1.55. The minimum atomic E-state index is -0.629. The van der Waals surface area contributed by atoms with Crippen LogP contribution < -0.4 is 4.90 Å². The van der Waals surface area contributed by atoms with Crippen molar-refractivity contribution in [3.8, 4) is 11.3 Å². The molecule has 1 unspecified atom stereocenters. The molecular formula is C29H30FN3O3S. The fourth-order valence-corrected chi connectivity index (χ4v) is 7.00. The van der Waals surface area contributed by atoms with E-state index in [1.807, 2.05) is 13.0 Å². The lowest BCUT2D eigenvalue weighted by molar-refractivity contribution is -0.181. The van der Waals surface area contributed by atoms with Gasteiger partial charge in [0.25, 0.3) is 0 Å². The van der Waals surface area contributed by atoms with Crippen LogP contribution >= 0.6 is 11.3 Å². The summed E-state index contributed by atoms with van der Waals surface area (Å²) in [6.45, 7) is 8.14. The average Bonchev–Trinajstić information content (AvgIpc) is 3.28. The number of ether oxygens (including phenoxy) is 2. The van der Waals surface area contributed by atoms with Gasteiger partial charge in [-0.1, -0.05) is 34.7 Å². The molecule has 192 valence electrons. The molecule has 1 saturated carbocycles. The zero-order valence-corrected chi connectivity index (χ0v) is 22.2. The number of benzene rings is 2. The number of halogens is 1. The molecule has 7 rings (SSSR count). The third-order valence-corrected chi connectivity index (χ3v) is 9.04. The van der Waals surface area contributed by atoms with E-state index in [9.17, 15) is 4.39 Å². The maximum absolute atomic E-state index is 14.4. The number of aryl methyl sites for hydroxylation is 3. The van der Waals surface area contributed by atoms with E-state index in [2.05, 4.69) is 47.1 Å². The number of rotatable bonds is 4. The molecule has 3 aliphatic rings. The van der Waals surface area contributed by atoms with Gasteiger partial charge in [-0.3, -0.25) is 0 Å². The number of hydrogen-bond acceptors (Lipinski definition) is 7. The first-order chi connectivity index (χ1) is 17.9. The van der Waals surface area contributed by atoms with Crippen LogP contribution in [0, 0.1) is 26.6 Å². The molecule has 37 heavy (non-hydrogen) atoms. The monoisotopic (exact) mass is 519 g/mol. The highest BCUT2D eigenvalue weighted by molar-refractivity contribution is 7.22. The molecule has 0 radical (unpaired) electrons. The first-order valence-electron chi connectivity index (χ1n) is 13.1. The van der Waals surface area contributed by atoms with Gasteiger partial charge in [-0.15, -0.1) is 0 Å². The molecule has 8 heteroatoms. The molecule has 1 atom stereocenters. The van der Waals surface area contributed by atoms with Crippen molar-refractivity contribution in [2.75, 3.05) is 24.6 Å². The van der Waals surface area contributed by atoms with E-state index in [4.69, 9.17) is 14.0 Å². The summed E-state index contributed by atoms with van der Waals surface area (Å²) in [6.07, 6.45) is 3.50. The van der Waals surface area contributed by atoms with E-state index in [0.717, 1.165) is 76.7 Å². The fraction of sp³-hybridized carbons (Fsp3) is 0.448. The van der Waals surface area contributed by atoms with E-state index in [1.165, 1.54) is 11.1 Å². The van der Waals surface area contributed by atoms with E-state index < -0.39 is 5.79 Å². The molecule has 0 amide bonds. The molecule has 4 heterocycles. The van der Waals surface area contributed by atoms with Crippen LogP contribution in [-0.2, 0) is 9.47 Å². The fourth-order valence-electron chi connectivity index (χ4n) is 5.87. The van der Waals surface area contributed by atoms with Gasteiger partial charge in [0.15, 0.2) is 16.7 Å². The van der Waals surface area contributed by atoms with E-state index in [-0.39, 0.29) is 11.9 Å². The quantitative estimate of drug-likeness (QED) is 0.290. The van der Waals surface area contributed by atoms with Gasteiger partial charge in [-0.05, 0) is 62.4 Å². The van der Waals surface area contributed by atoms with Gasteiger partial charge in [0.2, 0.25) is 0 Å². The van der Waals surface area contributed by atoms with Crippen LogP contribution in [-0.4, -0.2) is 35.6 Å². The Morgan fingerprint density at radius 3 is 2.57 bits per heavy atom. The summed E-state index contributed by atoms with van der Waals surface area (Å²) in [4.78, 5) is 6.84. The molecule has 4 aromatic rings. The van der Waals surface area contributed by atoms with Gasteiger partial charge in [-0.25, -0.2) is 9.37 Å². The second-order valence-electron chi connectivity index (χ2n) is 10.8. The van der Waals surface area contributed by atoms with E-state index >= 15 is 0 Å². The molecule has 2 aromatic carbocycles. The Balaban J connectivity index is 1.13. The molecule has 6 nitrogen and oxygen atoms in total. The lowest BCUT2D eigenvalue weighted by atomic mass is 9.94. The topological polar surface area (TPSA) is 60.6 Å². The first-order valence-corrected chi connectivity index (χ1v) is 13.9. The average molecular weight is 520 g/mol. The number of thiazole rings is 1. The van der Waals surface area contributed by atoms with Gasteiger partial charge >= 0.3 is 0 Å². The Bertz CT molecular complexity index is 1480. The minimum absolute atomic E-state index is 0.207. The lowest BCUT2D eigenvalue weighted by Gasteiger charge is -2.37. The molecule has 0 bridgehead atoms. The van der Waals surface area contributed by atoms with Crippen molar-refractivity contribution >= 4 is 26.7 Å². The van der Waals surface area contributed by atoms with Crippen molar-refractivity contribution < 1.29 is 18.4 Å². The second-order valence-corrected chi connectivity index (χ2v) is 11.8. The smallest absolute Gasteiger partial charge is 0.186 e.